The highest BCUT2D eigenvalue weighted by molar-refractivity contribution is 5.29. The van der Waals surface area contributed by atoms with Gasteiger partial charge in [-0.25, -0.2) is 0 Å². The van der Waals surface area contributed by atoms with E-state index in [-0.39, 0.29) is 12.3 Å². The molecule has 0 aliphatic rings. The van der Waals surface area contributed by atoms with Crippen LogP contribution in [-0.4, -0.2) is 6.23 Å². The maximum Gasteiger partial charge on any atom is 0.110 e. The Kier molecular flexibility index (Phi) is 3.91. The fourth-order valence-corrected chi connectivity index (χ4v) is 1.82. The molecule has 0 saturated carbocycles. The highest BCUT2D eigenvalue weighted by atomic mass is 16.5. The van der Waals surface area contributed by atoms with Gasteiger partial charge in [-0.2, -0.15) is 0 Å². The van der Waals surface area contributed by atoms with E-state index in [0.29, 0.717) is 0 Å². The Morgan fingerprint density at radius 1 is 0.824 bits per heavy atom. The van der Waals surface area contributed by atoms with Gasteiger partial charge in [0.05, 0.1) is 0 Å². The van der Waals surface area contributed by atoms with Crippen LogP contribution in [0.5, 0.6) is 0 Å². The molecule has 88 valence electrons. The largest absolute Gasteiger partial charge is 0.351 e. The minimum Gasteiger partial charge on any atom is -0.351 e. The molecule has 2 rings (SSSR count). The molecule has 0 saturated heterocycles. The lowest BCUT2D eigenvalue weighted by atomic mass is 10.0. The van der Waals surface area contributed by atoms with E-state index in [1.54, 1.807) is 0 Å². The van der Waals surface area contributed by atoms with Gasteiger partial charge in [0.1, 0.15) is 12.3 Å². The van der Waals surface area contributed by atoms with Crippen LogP contribution in [0.4, 0.5) is 0 Å². The normalized spacial score (nSPS) is 12.6. The third-order valence-electron chi connectivity index (χ3n) is 2.56. The van der Waals surface area contributed by atoms with Gasteiger partial charge >= 0.3 is 0 Å². The standard InChI is InChI=1S/C15H17NO/c1-12(16)17-15(13-8-4-2-5-9-13)14-10-6-3-7-11-14/h2-12,15H,16H2,1H3. The predicted molar refractivity (Wildman–Crippen MR) is 69.5 cm³/mol. The molecule has 2 aromatic carbocycles. The maximum absolute atomic E-state index is 5.80. The van der Waals surface area contributed by atoms with Gasteiger partial charge < -0.3 is 10.5 Å². The van der Waals surface area contributed by atoms with Gasteiger partial charge in [-0.3, -0.25) is 0 Å². The second-order valence-corrected chi connectivity index (χ2v) is 4.04. The van der Waals surface area contributed by atoms with Crippen molar-refractivity contribution in [2.24, 2.45) is 5.73 Å². The zero-order chi connectivity index (χ0) is 12.1. The van der Waals surface area contributed by atoms with Crippen LogP contribution in [0.15, 0.2) is 60.7 Å². The summed E-state index contributed by atoms with van der Waals surface area (Å²) in [7, 11) is 0. The Morgan fingerprint density at radius 2 is 1.24 bits per heavy atom. The molecule has 0 fully saturated rings. The molecule has 0 spiro atoms. The molecule has 0 aromatic heterocycles. The Bertz CT molecular complexity index is 399. The lowest BCUT2D eigenvalue weighted by Gasteiger charge is -2.21. The smallest absolute Gasteiger partial charge is 0.110 e. The van der Waals surface area contributed by atoms with Crippen LogP contribution in [-0.2, 0) is 4.74 Å². The van der Waals surface area contributed by atoms with E-state index in [2.05, 4.69) is 24.3 Å². The van der Waals surface area contributed by atoms with Gasteiger partial charge in [-0.15, -0.1) is 0 Å². The molecule has 1 unspecified atom stereocenters. The summed E-state index contributed by atoms with van der Waals surface area (Å²) in [5.41, 5.74) is 7.99. The number of nitrogens with two attached hydrogens (primary N) is 1. The van der Waals surface area contributed by atoms with E-state index >= 15 is 0 Å². The SMILES string of the molecule is CC(N)OC(c1ccccc1)c1ccccc1. The topological polar surface area (TPSA) is 35.2 Å². The Balaban J connectivity index is 2.32. The van der Waals surface area contributed by atoms with E-state index in [4.69, 9.17) is 10.5 Å². The van der Waals surface area contributed by atoms with Crippen LogP contribution >= 0.6 is 0 Å². The fraction of sp³-hybridized carbons (Fsp3) is 0.200. The second-order valence-electron chi connectivity index (χ2n) is 4.04. The molecule has 2 N–H and O–H groups in total. The molecular weight excluding hydrogens is 210 g/mol. The van der Waals surface area contributed by atoms with Crippen LogP contribution in [0.2, 0.25) is 0 Å². The summed E-state index contributed by atoms with van der Waals surface area (Å²) in [6, 6.07) is 20.3. The van der Waals surface area contributed by atoms with Crippen molar-refractivity contribution in [1.29, 1.82) is 0 Å². The van der Waals surface area contributed by atoms with Crippen LogP contribution in [0.3, 0.4) is 0 Å². The number of ether oxygens (including phenoxy) is 1. The van der Waals surface area contributed by atoms with Gasteiger partial charge in [-0.1, -0.05) is 60.7 Å². The highest BCUT2D eigenvalue weighted by Gasteiger charge is 2.15. The first-order valence-corrected chi connectivity index (χ1v) is 5.78. The van der Waals surface area contributed by atoms with Gasteiger partial charge in [0.25, 0.3) is 0 Å². The van der Waals surface area contributed by atoms with Crippen molar-refractivity contribution < 1.29 is 4.74 Å². The maximum atomic E-state index is 5.80. The molecule has 0 bridgehead atoms. The minimum absolute atomic E-state index is 0.0996. The summed E-state index contributed by atoms with van der Waals surface area (Å²) >= 11 is 0. The summed E-state index contributed by atoms with van der Waals surface area (Å²) in [4.78, 5) is 0. The average molecular weight is 227 g/mol. The van der Waals surface area contributed by atoms with Crippen LogP contribution < -0.4 is 5.73 Å². The second kappa shape index (κ2) is 5.62. The first-order valence-electron chi connectivity index (χ1n) is 5.78. The highest BCUT2D eigenvalue weighted by Crippen LogP contribution is 2.26. The van der Waals surface area contributed by atoms with E-state index in [0.717, 1.165) is 11.1 Å². The summed E-state index contributed by atoms with van der Waals surface area (Å²) in [5, 5.41) is 0. The van der Waals surface area contributed by atoms with Crippen LogP contribution in [0.1, 0.15) is 24.2 Å². The summed E-state index contributed by atoms with van der Waals surface area (Å²) in [6.07, 6.45) is -0.391. The van der Waals surface area contributed by atoms with Crippen molar-refractivity contribution in [3.05, 3.63) is 71.8 Å². The molecular formula is C15H17NO. The van der Waals surface area contributed by atoms with Crippen molar-refractivity contribution in [2.75, 3.05) is 0 Å². The van der Waals surface area contributed by atoms with Crippen LogP contribution in [0.25, 0.3) is 0 Å². The lowest BCUT2D eigenvalue weighted by molar-refractivity contribution is 0.0232. The lowest BCUT2D eigenvalue weighted by Crippen LogP contribution is -2.22. The van der Waals surface area contributed by atoms with E-state index < -0.39 is 0 Å². The quantitative estimate of drug-likeness (QED) is 0.815. The van der Waals surface area contributed by atoms with E-state index in [9.17, 15) is 0 Å². The number of benzene rings is 2. The molecule has 2 aromatic rings. The van der Waals surface area contributed by atoms with Gasteiger partial charge in [0.15, 0.2) is 0 Å². The predicted octanol–water partition coefficient (Wildman–Crippen LogP) is 3.10. The van der Waals surface area contributed by atoms with Crippen molar-refractivity contribution in [1.82, 2.24) is 0 Å². The third-order valence-corrected chi connectivity index (χ3v) is 2.56. The zero-order valence-corrected chi connectivity index (χ0v) is 9.91. The molecule has 0 heterocycles. The Labute approximate surface area is 102 Å². The zero-order valence-electron chi connectivity index (χ0n) is 9.91. The molecule has 17 heavy (non-hydrogen) atoms. The summed E-state index contributed by atoms with van der Waals surface area (Å²) in [5.74, 6) is 0. The van der Waals surface area contributed by atoms with Gasteiger partial charge in [0, 0.05) is 0 Å². The average Bonchev–Trinajstić information content (AvgIpc) is 2.38. The van der Waals surface area contributed by atoms with Gasteiger partial charge in [-0.05, 0) is 18.1 Å². The first-order chi connectivity index (χ1) is 8.27. The Morgan fingerprint density at radius 3 is 1.59 bits per heavy atom. The number of hydrogen-bond donors (Lipinski definition) is 1. The summed E-state index contributed by atoms with van der Waals surface area (Å²) in [6.45, 7) is 1.85. The molecule has 0 aliphatic heterocycles. The van der Waals surface area contributed by atoms with Crippen molar-refractivity contribution >= 4 is 0 Å². The van der Waals surface area contributed by atoms with Crippen molar-refractivity contribution in [3.8, 4) is 0 Å². The first kappa shape index (κ1) is 11.8. The van der Waals surface area contributed by atoms with E-state index in [1.165, 1.54) is 0 Å². The molecule has 0 aliphatic carbocycles. The monoisotopic (exact) mass is 227 g/mol. The molecule has 1 atom stereocenters. The van der Waals surface area contributed by atoms with E-state index in [1.807, 2.05) is 43.3 Å². The summed E-state index contributed by atoms with van der Waals surface area (Å²) < 4.78 is 5.80. The molecule has 0 radical (unpaired) electrons. The fourth-order valence-electron chi connectivity index (χ4n) is 1.82. The number of hydrogen-bond acceptors (Lipinski definition) is 2. The minimum atomic E-state index is -0.291. The molecule has 0 amide bonds. The molecule has 2 heteroatoms. The third kappa shape index (κ3) is 3.16. The van der Waals surface area contributed by atoms with Crippen molar-refractivity contribution in [2.45, 2.75) is 19.3 Å². The molecule has 2 nitrogen and oxygen atoms in total. The van der Waals surface area contributed by atoms with Crippen LogP contribution in [0, 0.1) is 0 Å². The Hall–Kier alpha value is -1.64. The van der Waals surface area contributed by atoms with Crippen molar-refractivity contribution in [3.63, 3.8) is 0 Å². The number of rotatable bonds is 4. The van der Waals surface area contributed by atoms with Gasteiger partial charge in [0.2, 0.25) is 0 Å².